The van der Waals surface area contributed by atoms with E-state index in [1.807, 2.05) is 5.59 Å². The number of nitrogens with zero attached hydrogens (tertiary/aromatic N) is 1. The summed E-state index contributed by atoms with van der Waals surface area (Å²) in [6, 6.07) is 0. The number of aromatic amines is 1. The highest BCUT2D eigenvalue weighted by Gasteiger charge is 2.23. The number of nitrogens with two attached hydrogens (primary N) is 1. The van der Waals surface area contributed by atoms with E-state index in [1.54, 1.807) is 0 Å². The van der Waals surface area contributed by atoms with Crippen LogP contribution in [0, 0.1) is 0 Å². The Kier molecular flexibility index (Phi) is 1.99. The van der Waals surface area contributed by atoms with Gasteiger partial charge in [0.05, 0.1) is 0 Å². The third-order valence-corrected chi connectivity index (χ3v) is 2.15. The normalized spacial score (nSPS) is 14.2. The van der Waals surface area contributed by atoms with Gasteiger partial charge < -0.3 is 4.84 Å². The Hall–Kier alpha value is -1.40. The van der Waals surface area contributed by atoms with Crippen molar-refractivity contribution in [1.29, 1.82) is 0 Å². The molecule has 1 aliphatic carbocycles. The van der Waals surface area contributed by atoms with Gasteiger partial charge in [-0.05, 0) is 19.3 Å². The molecular formula is C7H10N4O2. The maximum atomic E-state index is 11.2. The fraction of sp³-hybridized carbons (Fsp3) is 0.429. The van der Waals surface area contributed by atoms with E-state index in [4.69, 9.17) is 5.84 Å². The Morgan fingerprint density at radius 3 is 3.23 bits per heavy atom. The third kappa shape index (κ3) is 1.30. The third-order valence-electron chi connectivity index (χ3n) is 2.15. The molecule has 2 rings (SSSR count). The molecule has 1 aromatic rings. The van der Waals surface area contributed by atoms with Gasteiger partial charge in [0.2, 0.25) is 0 Å². The largest absolute Gasteiger partial charge is 0.378 e. The van der Waals surface area contributed by atoms with Crippen LogP contribution in [0.3, 0.4) is 0 Å². The minimum absolute atomic E-state index is 0.338. The molecule has 0 aliphatic heterocycles. The number of carbonyl (C=O) groups excluding carboxylic acids is 1. The Balaban J connectivity index is 2.26. The second-order valence-electron chi connectivity index (χ2n) is 2.89. The Morgan fingerprint density at radius 2 is 2.46 bits per heavy atom. The quantitative estimate of drug-likeness (QED) is 0.421. The van der Waals surface area contributed by atoms with Crippen molar-refractivity contribution in [3.8, 4) is 0 Å². The van der Waals surface area contributed by atoms with Gasteiger partial charge in [-0.3, -0.25) is 5.10 Å². The number of hydrogen-bond acceptors (Lipinski definition) is 5. The summed E-state index contributed by atoms with van der Waals surface area (Å²) in [5.41, 5.74) is 4.17. The Bertz CT molecular complexity index is 333. The average Bonchev–Trinajstić information content (AvgIpc) is 2.62. The van der Waals surface area contributed by atoms with E-state index in [-0.39, 0.29) is 0 Å². The number of rotatable bonds is 2. The van der Waals surface area contributed by atoms with Crippen LogP contribution in [0.25, 0.3) is 0 Å². The first-order valence-electron chi connectivity index (χ1n) is 4.06. The van der Waals surface area contributed by atoms with E-state index < -0.39 is 5.97 Å². The second kappa shape index (κ2) is 3.15. The predicted molar refractivity (Wildman–Crippen MR) is 43.4 cm³/mol. The van der Waals surface area contributed by atoms with Crippen molar-refractivity contribution in [3.05, 3.63) is 17.0 Å². The Morgan fingerprint density at radius 1 is 1.62 bits per heavy atom. The van der Waals surface area contributed by atoms with Gasteiger partial charge in [0.1, 0.15) is 0 Å². The zero-order valence-corrected chi connectivity index (χ0v) is 6.96. The van der Waals surface area contributed by atoms with Crippen LogP contribution in [0.4, 0.5) is 0 Å². The summed E-state index contributed by atoms with van der Waals surface area (Å²) < 4.78 is 0. The summed E-state index contributed by atoms with van der Waals surface area (Å²) in [7, 11) is 0. The van der Waals surface area contributed by atoms with Crippen molar-refractivity contribution in [1.82, 2.24) is 15.8 Å². The van der Waals surface area contributed by atoms with Gasteiger partial charge in [0.15, 0.2) is 5.69 Å². The highest BCUT2D eigenvalue weighted by Crippen LogP contribution is 2.22. The molecule has 6 heteroatoms. The van der Waals surface area contributed by atoms with E-state index in [9.17, 15) is 4.79 Å². The molecule has 0 atom stereocenters. The zero-order valence-electron chi connectivity index (χ0n) is 6.96. The molecule has 1 aliphatic rings. The fourth-order valence-electron chi connectivity index (χ4n) is 1.59. The van der Waals surface area contributed by atoms with Gasteiger partial charge in [-0.25, -0.2) is 10.6 Å². The molecule has 0 amide bonds. The summed E-state index contributed by atoms with van der Waals surface area (Å²) >= 11 is 0. The Labute approximate surface area is 74.4 Å². The van der Waals surface area contributed by atoms with Crippen molar-refractivity contribution in [2.24, 2.45) is 5.84 Å². The molecule has 0 fully saturated rings. The number of nitrogens with one attached hydrogen (secondary N) is 2. The summed E-state index contributed by atoms with van der Waals surface area (Å²) in [6.07, 6.45) is 2.88. The number of hydrogen-bond donors (Lipinski definition) is 3. The summed E-state index contributed by atoms with van der Waals surface area (Å²) in [4.78, 5) is 15.6. The minimum atomic E-state index is -0.540. The molecule has 1 aromatic heterocycles. The minimum Gasteiger partial charge on any atom is -0.350 e. The van der Waals surface area contributed by atoms with Gasteiger partial charge in [-0.1, -0.05) is 5.59 Å². The summed E-state index contributed by atoms with van der Waals surface area (Å²) in [5, 5.41) is 6.67. The molecular weight excluding hydrogens is 172 g/mol. The van der Waals surface area contributed by atoms with Crippen LogP contribution in [-0.2, 0) is 17.7 Å². The van der Waals surface area contributed by atoms with Gasteiger partial charge in [0, 0.05) is 11.3 Å². The summed E-state index contributed by atoms with van der Waals surface area (Å²) in [5.74, 6) is 4.31. The molecule has 0 saturated carbocycles. The molecule has 0 aromatic carbocycles. The van der Waals surface area contributed by atoms with Gasteiger partial charge in [-0.2, -0.15) is 5.10 Å². The molecule has 0 bridgehead atoms. The molecule has 1 heterocycles. The topological polar surface area (TPSA) is 93.0 Å². The first kappa shape index (κ1) is 8.21. The standard InChI is InChI=1S/C7H10N4O2/c8-11-13-7(12)6-4-2-1-3-5(4)9-10-6/h11H,1-3,8H2,(H,9,10). The number of aryl methyl sites for hydroxylation is 1. The number of aromatic nitrogens is 2. The lowest BCUT2D eigenvalue weighted by atomic mass is 10.2. The lowest BCUT2D eigenvalue weighted by Crippen LogP contribution is -2.26. The number of H-pyrrole nitrogens is 1. The monoisotopic (exact) mass is 182 g/mol. The van der Waals surface area contributed by atoms with Crippen LogP contribution in [0.5, 0.6) is 0 Å². The lowest BCUT2D eigenvalue weighted by Gasteiger charge is -1.98. The van der Waals surface area contributed by atoms with Crippen molar-refractivity contribution in [2.45, 2.75) is 19.3 Å². The molecule has 6 nitrogen and oxygen atoms in total. The number of hydrazine groups is 1. The maximum Gasteiger partial charge on any atom is 0.378 e. The highest BCUT2D eigenvalue weighted by molar-refractivity contribution is 5.89. The molecule has 0 spiro atoms. The van der Waals surface area contributed by atoms with Crippen molar-refractivity contribution in [2.75, 3.05) is 0 Å². The first-order valence-corrected chi connectivity index (χ1v) is 4.06. The van der Waals surface area contributed by atoms with Crippen molar-refractivity contribution < 1.29 is 9.63 Å². The molecule has 4 N–H and O–H groups in total. The lowest BCUT2D eigenvalue weighted by molar-refractivity contribution is 0.0246. The van der Waals surface area contributed by atoms with Gasteiger partial charge >= 0.3 is 5.97 Å². The van der Waals surface area contributed by atoms with Crippen LogP contribution in [-0.4, -0.2) is 16.2 Å². The molecule has 0 unspecified atom stereocenters. The average molecular weight is 182 g/mol. The van der Waals surface area contributed by atoms with E-state index in [0.717, 1.165) is 30.5 Å². The van der Waals surface area contributed by atoms with Crippen LogP contribution in [0.15, 0.2) is 0 Å². The number of carbonyl (C=O) groups is 1. The smallest absolute Gasteiger partial charge is 0.350 e. The van der Waals surface area contributed by atoms with Crippen LogP contribution in [0.1, 0.15) is 28.2 Å². The maximum absolute atomic E-state index is 11.2. The van der Waals surface area contributed by atoms with E-state index in [1.165, 1.54) is 0 Å². The van der Waals surface area contributed by atoms with Crippen molar-refractivity contribution in [3.63, 3.8) is 0 Å². The van der Waals surface area contributed by atoms with Crippen LogP contribution < -0.4 is 11.4 Å². The summed E-state index contributed by atoms with van der Waals surface area (Å²) in [6.45, 7) is 0. The second-order valence-corrected chi connectivity index (χ2v) is 2.89. The van der Waals surface area contributed by atoms with E-state index in [0.29, 0.717) is 5.69 Å². The van der Waals surface area contributed by atoms with Crippen LogP contribution in [0.2, 0.25) is 0 Å². The zero-order chi connectivity index (χ0) is 9.26. The van der Waals surface area contributed by atoms with Gasteiger partial charge in [-0.15, -0.1) is 0 Å². The molecule has 0 radical (unpaired) electrons. The molecule has 0 saturated heterocycles. The molecule has 70 valence electrons. The molecule has 13 heavy (non-hydrogen) atoms. The highest BCUT2D eigenvalue weighted by atomic mass is 16.7. The predicted octanol–water partition coefficient (Wildman–Crippen LogP) is -0.567. The SMILES string of the molecule is NNOC(=O)c1n[nH]c2c1CCC2. The first-order chi connectivity index (χ1) is 6.33. The van der Waals surface area contributed by atoms with Crippen LogP contribution >= 0.6 is 0 Å². The fourth-order valence-corrected chi connectivity index (χ4v) is 1.59. The van der Waals surface area contributed by atoms with Crippen molar-refractivity contribution >= 4 is 5.97 Å². The van der Waals surface area contributed by atoms with E-state index >= 15 is 0 Å². The number of fused-ring (bicyclic) bond motifs is 1. The van der Waals surface area contributed by atoms with E-state index in [2.05, 4.69) is 15.0 Å². The van der Waals surface area contributed by atoms with Gasteiger partial charge in [0.25, 0.3) is 0 Å².